The summed E-state index contributed by atoms with van der Waals surface area (Å²) in [7, 11) is 0. The summed E-state index contributed by atoms with van der Waals surface area (Å²) in [6.45, 7) is 2.68. The molecule has 2 aliphatic rings. The number of amidine groups is 2. The maximum Gasteiger partial charge on any atom is 0.259 e. The first-order valence-electron chi connectivity index (χ1n) is 10.3. The number of amides is 2. The van der Waals surface area contributed by atoms with Gasteiger partial charge >= 0.3 is 0 Å². The zero-order chi connectivity index (χ0) is 21.8. The van der Waals surface area contributed by atoms with Crippen molar-refractivity contribution in [2.24, 2.45) is 9.98 Å². The number of nitrogens with zero attached hydrogens (tertiary/aromatic N) is 3. The summed E-state index contributed by atoms with van der Waals surface area (Å²) in [6, 6.07) is 14.5. The molecule has 1 N–H and O–H groups in total. The Morgan fingerprint density at radius 3 is 2.74 bits per heavy atom. The van der Waals surface area contributed by atoms with Crippen LogP contribution in [0.4, 0.5) is 5.69 Å². The summed E-state index contributed by atoms with van der Waals surface area (Å²) in [5, 5.41) is 4.13. The molecule has 0 saturated heterocycles. The number of fused-ring (bicyclic) bond motifs is 3. The second-order valence-corrected chi connectivity index (χ2v) is 8.76. The van der Waals surface area contributed by atoms with Crippen LogP contribution in [0.3, 0.4) is 0 Å². The summed E-state index contributed by atoms with van der Waals surface area (Å²) in [4.78, 5) is 36.4. The highest BCUT2D eigenvalue weighted by Gasteiger charge is 2.41. The highest BCUT2D eigenvalue weighted by atomic mass is 35.5. The van der Waals surface area contributed by atoms with E-state index in [-0.39, 0.29) is 18.2 Å². The van der Waals surface area contributed by atoms with Crippen molar-refractivity contribution in [3.05, 3.63) is 64.7 Å². The quantitative estimate of drug-likeness (QED) is 0.624. The first kappa shape index (κ1) is 21.6. The molecule has 160 valence electrons. The van der Waals surface area contributed by atoms with E-state index in [0.29, 0.717) is 28.3 Å². The van der Waals surface area contributed by atoms with E-state index >= 15 is 0 Å². The number of nitrogens with one attached hydrogen (secondary N) is 1. The first-order valence-corrected chi connectivity index (χ1v) is 11.7. The van der Waals surface area contributed by atoms with Gasteiger partial charge in [0.25, 0.3) is 5.91 Å². The third-order valence-corrected chi connectivity index (χ3v) is 6.32. The number of halogens is 1. The molecule has 0 spiro atoms. The largest absolute Gasteiger partial charge is 0.356 e. The zero-order valence-corrected chi connectivity index (χ0v) is 18.7. The fourth-order valence-corrected chi connectivity index (χ4v) is 4.50. The van der Waals surface area contributed by atoms with E-state index < -0.39 is 6.04 Å². The number of benzene rings is 2. The average molecular weight is 455 g/mol. The Morgan fingerprint density at radius 2 is 1.97 bits per heavy atom. The minimum absolute atomic E-state index is 0.0415. The van der Waals surface area contributed by atoms with Gasteiger partial charge < -0.3 is 5.32 Å². The maximum absolute atomic E-state index is 13.2. The van der Waals surface area contributed by atoms with Crippen LogP contribution in [-0.2, 0) is 15.3 Å². The zero-order valence-electron chi connectivity index (χ0n) is 17.2. The highest BCUT2D eigenvalue weighted by molar-refractivity contribution is 8.13. The Labute approximate surface area is 190 Å². The van der Waals surface area contributed by atoms with Gasteiger partial charge in [-0.05, 0) is 36.2 Å². The van der Waals surface area contributed by atoms with Gasteiger partial charge in [-0.15, -0.1) is 0 Å². The van der Waals surface area contributed by atoms with Gasteiger partial charge in [-0.3, -0.25) is 14.6 Å². The molecule has 2 heterocycles. The highest BCUT2D eigenvalue weighted by Crippen LogP contribution is 2.34. The van der Waals surface area contributed by atoms with E-state index in [1.807, 2.05) is 48.5 Å². The van der Waals surface area contributed by atoms with E-state index in [1.54, 1.807) is 4.90 Å². The monoisotopic (exact) mass is 454 g/mol. The molecule has 0 aromatic heterocycles. The second kappa shape index (κ2) is 9.66. The van der Waals surface area contributed by atoms with Crippen molar-refractivity contribution in [2.75, 3.05) is 6.54 Å². The fourth-order valence-electron chi connectivity index (χ4n) is 3.41. The fraction of sp³-hybridized carbons (Fsp3) is 0.304. The molecule has 0 bridgehead atoms. The van der Waals surface area contributed by atoms with Crippen LogP contribution in [0.2, 0.25) is 5.02 Å². The van der Waals surface area contributed by atoms with Crippen molar-refractivity contribution in [3.63, 3.8) is 0 Å². The van der Waals surface area contributed by atoms with Gasteiger partial charge in [0.1, 0.15) is 11.9 Å². The number of aliphatic imine (C=N–C) groups is 2. The Morgan fingerprint density at radius 1 is 1.19 bits per heavy atom. The van der Waals surface area contributed by atoms with Crippen molar-refractivity contribution >= 4 is 51.9 Å². The molecule has 31 heavy (non-hydrogen) atoms. The SMILES string of the molecule is CCCCNC(=O)C[C@@H]1N=C2c3ccccc3N=C(SCc3ccc(Cl)cc3)N2C1=O. The normalized spacial score (nSPS) is 17.0. The van der Waals surface area contributed by atoms with Crippen LogP contribution in [0.15, 0.2) is 58.5 Å². The molecule has 6 nitrogen and oxygen atoms in total. The van der Waals surface area contributed by atoms with Gasteiger partial charge in [0.2, 0.25) is 5.91 Å². The average Bonchev–Trinajstić information content (AvgIpc) is 3.10. The number of hydrogen-bond donors (Lipinski definition) is 1. The summed E-state index contributed by atoms with van der Waals surface area (Å²) < 4.78 is 0. The Balaban J connectivity index is 1.55. The molecule has 8 heteroatoms. The first-order chi connectivity index (χ1) is 15.1. The van der Waals surface area contributed by atoms with Crippen molar-refractivity contribution in [1.29, 1.82) is 0 Å². The van der Waals surface area contributed by atoms with Gasteiger partial charge in [-0.2, -0.15) is 0 Å². The lowest BCUT2D eigenvalue weighted by Crippen LogP contribution is -2.42. The maximum atomic E-state index is 13.2. The van der Waals surface area contributed by atoms with Crippen LogP contribution < -0.4 is 5.32 Å². The minimum atomic E-state index is -0.732. The van der Waals surface area contributed by atoms with E-state index in [1.165, 1.54) is 11.8 Å². The van der Waals surface area contributed by atoms with Gasteiger partial charge in [0.05, 0.1) is 12.1 Å². The minimum Gasteiger partial charge on any atom is -0.356 e. The summed E-state index contributed by atoms with van der Waals surface area (Å²) in [5.74, 6) is 0.840. The predicted molar refractivity (Wildman–Crippen MR) is 126 cm³/mol. The van der Waals surface area contributed by atoms with Crippen LogP contribution >= 0.6 is 23.4 Å². The lowest BCUT2D eigenvalue weighted by molar-refractivity contribution is -0.128. The van der Waals surface area contributed by atoms with Crippen molar-refractivity contribution in [3.8, 4) is 0 Å². The third-order valence-electron chi connectivity index (χ3n) is 5.06. The van der Waals surface area contributed by atoms with Crippen LogP contribution in [0.25, 0.3) is 0 Å². The number of carbonyl (C=O) groups is 2. The smallest absolute Gasteiger partial charge is 0.259 e. The molecule has 1 atom stereocenters. The molecule has 4 rings (SSSR count). The van der Waals surface area contributed by atoms with Gasteiger partial charge in [-0.1, -0.05) is 61.0 Å². The Hall–Kier alpha value is -2.64. The summed E-state index contributed by atoms with van der Waals surface area (Å²) in [6.07, 6.45) is 1.95. The lowest BCUT2D eigenvalue weighted by atomic mass is 10.1. The van der Waals surface area contributed by atoms with Gasteiger partial charge in [0, 0.05) is 22.9 Å². The van der Waals surface area contributed by atoms with E-state index in [2.05, 4.69) is 17.2 Å². The molecular formula is C23H23ClN4O2S. The predicted octanol–water partition coefficient (Wildman–Crippen LogP) is 4.54. The molecular weight excluding hydrogens is 432 g/mol. The standard InChI is InChI=1S/C23H23ClN4O2S/c1-2-3-12-25-20(29)13-19-22(30)28-21(26-19)17-6-4-5-7-18(17)27-23(28)31-14-15-8-10-16(24)11-9-15/h4-11,19H,2-3,12-14H2,1H3,(H,25,29)/t19-/m0/s1. The number of para-hydroxylation sites is 1. The molecule has 0 aliphatic carbocycles. The molecule has 2 aliphatic heterocycles. The molecule has 2 amide bonds. The summed E-state index contributed by atoms with van der Waals surface area (Å²) in [5.41, 5.74) is 2.66. The lowest BCUT2D eigenvalue weighted by Gasteiger charge is -2.25. The topological polar surface area (TPSA) is 74.1 Å². The molecule has 0 radical (unpaired) electrons. The molecule has 0 saturated carbocycles. The van der Waals surface area contributed by atoms with Crippen LogP contribution in [0.1, 0.15) is 37.3 Å². The number of hydrogen-bond acceptors (Lipinski definition) is 5. The van der Waals surface area contributed by atoms with Crippen molar-refractivity contribution in [1.82, 2.24) is 10.2 Å². The Bertz CT molecular complexity index is 1050. The Kier molecular flexibility index (Phi) is 6.73. The van der Waals surface area contributed by atoms with E-state index in [0.717, 1.165) is 29.7 Å². The van der Waals surface area contributed by atoms with Gasteiger partial charge in [0.15, 0.2) is 5.17 Å². The third kappa shape index (κ3) is 4.83. The van der Waals surface area contributed by atoms with Crippen LogP contribution in [-0.4, -0.2) is 40.3 Å². The molecule has 2 aromatic carbocycles. The number of rotatable bonds is 7. The molecule has 0 fully saturated rings. The van der Waals surface area contributed by atoms with Crippen LogP contribution in [0.5, 0.6) is 0 Å². The number of thioether (sulfide) groups is 1. The van der Waals surface area contributed by atoms with Crippen molar-refractivity contribution in [2.45, 2.75) is 38.0 Å². The second-order valence-electron chi connectivity index (χ2n) is 7.38. The molecule has 2 aromatic rings. The number of unbranched alkanes of at least 4 members (excludes halogenated alkanes) is 1. The van der Waals surface area contributed by atoms with Crippen molar-refractivity contribution < 1.29 is 9.59 Å². The number of carbonyl (C=O) groups excluding carboxylic acids is 2. The van der Waals surface area contributed by atoms with E-state index in [4.69, 9.17) is 16.6 Å². The molecule has 0 unspecified atom stereocenters. The van der Waals surface area contributed by atoms with Crippen LogP contribution in [0, 0.1) is 0 Å². The van der Waals surface area contributed by atoms with Gasteiger partial charge in [-0.25, -0.2) is 9.89 Å². The van der Waals surface area contributed by atoms with E-state index in [9.17, 15) is 9.59 Å². The summed E-state index contributed by atoms with van der Waals surface area (Å²) >= 11 is 7.44.